The Morgan fingerprint density at radius 2 is 1.78 bits per heavy atom. The Morgan fingerprint density at radius 3 is 2.41 bits per heavy atom. The number of benzene rings is 2. The third kappa shape index (κ3) is 3.77. The lowest BCUT2D eigenvalue weighted by atomic mass is 10.3. The number of nitrogens with zero attached hydrogens (tertiary/aromatic N) is 4. The third-order valence-corrected chi connectivity index (χ3v) is 4.65. The van der Waals surface area contributed by atoms with E-state index in [9.17, 15) is 18.6 Å². The summed E-state index contributed by atoms with van der Waals surface area (Å²) in [7, 11) is -4.71. The number of aryl methyl sites for hydroxylation is 1. The average Bonchev–Trinajstić information content (AvgIpc) is 2.89. The Morgan fingerprint density at radius 1 is 1.11 bits per heavy atom. The lowest BCUT2D eigenvalue weighted by Crippen LogP contribution is -1.98. The highest BCUT2D eigenvalue weighted by Gasteiger charge is 2.21. The molecule has 0 fully saturated rings. The van der Waals surface area contributed by atoms with E-state index >= 15 is 0 Å². The Labute approximate surface area is 158 Å². The molecule has 0 unspecified atom stereocenters. The number of phenolic OH excluding ortho intramolecular Hbond substituents is 1. The normalized spacial score (nSPS) is 12.0. The van der Waals surface area contributed by atoms with Crippen LogP contribution in [0, 0.1) is 6.92 Å². The van der Waals surface area contributed by atoms with Gasteiger partial charge in [-0.2, -0.15) is 18.2 Å². The Bertz CT molecular complexity index is 1140. The molecule has 27 heavy (non-hydrogen) atoms. The van der Waals surface area contributed by atoms with Gasteiger partial charge in [-0.25, -0.2) is 0 Å². The van der Waals surface area contributed by atoms with Gasteiger partial charge in [0.25, 0.3) is 10.1 Å². The van der Waals surface area contributed by atoms with Crippen molar-refractivity contribution in [3.8, 4) is 17.3 Å². The SMILES string of the molecule is Cc1nn(-c2ccccc2)c(O)c1N=Nc1cc(Cl)cc(S(=O)(=O)O)c1O. The number of aromatic hydroxyl groups is 2. The molecule has 3 aromatic rings. The topological polar surface area (TPSA) is 137 Å². The van der Waals surface area contributed by atoms with Crippen molar-refractivity contribution in [2.24, 2.45) is 10.2 Å². The maximum Gasteiger partial charge on any atom is 0.298 e. The van der Waals surface area contributed by atoms with Crippen LogP contribution in [-0.4, -0.2) is 33.0 Å². The number of hydrogen-bond donors (Lipinski definition) is 3. The third-order valence-electron chi connectivity index (χ3n) is 3.56. The van der Waals surface area contributed by atoms with Gasteiger partial charge in [0.05, 0.1) is 11.4 Å². The van der Waals surface area contributed by atoms with Gasteiger partial charge in [-0.3, -0.25) is 4.55 Å². The first-order valence-electron chi connectivity index (χ1n) is 7.44. The Balaban J connectivity index is 2.06. The first-order chi connectivity index (χ1) is 12.7. The molecule has 0 spiro atoms. The number of azo groups is 1. The highest BCUT2D eigenvalue weighted by molar-refractivity contribution is 7.86. The quantitative estimate of drug-likeness (QED) is 0.442. The van der Waals surface area contributed by atoms with E-state index < -0.39 is 20.8 Å². The second-order valence-electron chi connectivity index (χ2n) is 5.45. The van der Waals surface area contributed by atoms with Gasteiger partial charge in [0, 0.05) is 5.02 Å². The fourth-order valence-corrected chi connectivity index (χ4v) is 3.21. The molecule has 3 rings (SSSR count). The van der Waals surface area contributed by atoms with Crippen molar-refractivity contribution < 1.29 is 23.2 Å². The van der Waals surface area contributed by atoms with E-state index in [0.717, 1.165) is 12.1 Å². The molecule has 0 aliphatic carbocycles. The minimum atomic E-state index is -4.71. The molecule has 2 aromatic carbocycles. The maximum atomic E-state index is 11.3. The molecule has 1 heterocycles. The van der Waals surface area contributed by atoms with Gasteiger partial charge < -0.3 is 10.2 Å². The van der Waals surface area contributed by atoms with E-state index in [1.807, 2.05) is 6.07 Å². The van der Waals surface area contributed by atoms with Gasteiger partial charge >= 0.3 is 0 Å². The standard InChI is InChI=1S/C16H13ClN4O5S/c1-9-14(16(23)21(20-9)11-5-3-2-4-6-11)19-18-12-7-10(17)8-13(15(12)22)27(24,25)26/h2-8,22-23H,1H3,(H,24,25,26). The maximum absolute atomic E-state index is 11.3. The largest absolute Gasteiger partial charge is 0.504 e. The van der Waals surface area contributed by atoms with Crippen molar-refractivity contribution in [2.45, 2.75) is 11.8 Å². The summed E-state index contributed by atoms with van der Waals surface area (Å²) in [6.45, 7) is 1.59. The van der Waals surface area contributed by atoms with Crippen LogP contribution >= 0.6 is 11.6 Å². The van der Waals surface area contributed by atoms with Crippen molar-refractivity contribution >= 4 is 33.1 Å². The molecule has 11 heteroatoms. The molecule has 0 bridgehead atoms. The minimum absolute atomic E-state index is 0.0200. The summed E-state index contributed by atoms with van der Waals surface area (Å²) in [6, 6.07) is 10.8. The summed E-state index contributed by atoms with van der Waals surface area (Å²) in [6.07, 6.45) is 0. The highest BCUT2D eigenvalue weighted by atomic mass is 35.5. The zero-order valence-electron chi connectivity index (χ0n) is 13.8. The zero-order chi connectivity index (χ0) is 19.8. The van der Waals surface area contributed by atoms with E-state index in [2.05, 4.69) is 15.3 Å². The number of halogens is 1. The molecule has 0 aliphatic heterocycles. The van der Waals surface area contributed by atoms with E-state index in [4.69, 9.17) is 16.2 Å². The predicted molar refractivity (Wildman–Crippen MR) is 97.1 cm³/mol. The number of hydrogen-bond acceptors (Lipinski definition) is 7. The van der Waals surface area contributed by atoms with Crippen molar-refractivity contribution in [3.05, 3.63) is 53.2 Å². The molecule has 9 nitrogen and oxygen atoms in total. The highest BCUT2D eigenvalue weighted by Crippen LogP contribution is 2.39. The molecular weight excluding hydrogens is 396 g/mol. The molecule has 140 valence electrons. The van der Waals surface area contributed by atoms with E-state index in [0.29, 0.717) is 11.4 Å². The lowest BCUT2D eigenvalue weighted by Gasteiger charge is -2.04. The second kappa shape index (κ2) is 6.99. The first-order valence-corrected chi connectivity index (χ1v) is 9.26. The fraction of sp³-hybridized carbons (Fsp3) is 0.0625. The van der Waals surface area contributed by atoms with E-state index in [1.165, 1.54) is 4.68 Å². The Hall–Kier alpha value is -2.95. The molecule has 1 aromatic heterocycles. The van der Waals surface area contributed by atoms with E-state index in [-0.39, 0.29) is 22.3 Å². The number of phenols is 1. The Kier molecular flexibility index (Phi) is 4.87. The number of para-hydroxylation sites is 1. The summed E-state index contributed by atoms with van der Waals surface area (Å²) < 4.78 is 33.0. The second-order valence-corrected chi connectivity index (χ2v) is 7.28. The van der Waals surface area contributed by atoms with Crippen molar-refractivity contribution in [1.29, 1.82) is 0 Å². The van der Waals surface area contributed by atoms with Crippen LogP contribution in [-0.2, 0) is 10.1 Å². The van der Waals surface area contributed by atoms with Crippen LogP contribution in [0.5, 0.6) is 11.6 Å². The van der Waals surface area contributed by atoms with Gasteiger partial charge in [-0.05, 0) is 31.2 Å². The van der Waals surface area contributed by atoms with E-state index in [1.54, 1.807) is 31.2 Å². The van der Waals surface area contributed by atoms with Crippen molar-refractivity contribution in [1.82, 2.24) is 9.78 Å². The van der Waals surface area contributed by atoms with Gasteiger partial charge in [0.1, 0.15) is 10.6 Å². The van der Waals surface area contributed by atoms with Gasteiger partial charge in [-0.15, -0.1) is 10.2 Å². The molecular formula is C16H13ClN4O5S. The summed E-state index contributed by atoms with van der Waals surface area (Å²) in [5.41, 5.74) is 0.656. The summed E-state index contributed by atoms with van der Waals surface area (Å²) in [5, 5.41) is 32.1. The summed E-state index contributed by atoms with van der Waals surface area (Å²) in [4.78, 5) is -0.801. The van der Waals surface area contributed by atoms with Gasteiger partial charge in [0.2, 0.25) is 5.88 Å². The fourth-order valence-electron chi connectivity index (χ4n) is 2.31. The van der Waals surface area contributed by atoms with Crippen LogP contribution in [0.2, 0.25) is 5.02 Å². The molecule has 0 amide bonds. The molecule has 0 saturated heterocycles. The lowest BCUT2D eigenvalue weighted by molar-refractivity contribution is 0.434. The molecule has 0 radical (unpaired) electrons. The number of rotatable bonds is 4. The molecule has 3 N–H and O–H groups in total. The van der Waals surface area contributed by atoms with Crippen LogP contribution in [0.1, 0.15) is 5.69 Å². The minimum Gasteiger partial charge on any atom is -0.504 e. The van der Waals surface area contributed by atoms with Crippen molar-refractivity contribution in [2.75, 3.05) is 0 Å². The van der Waals surface area contributed by atoms with Crippen LogP contribution in [0.3, 0.4) is 0 Å². The first kappa shape index (κ1) is 18.8. The molecule has 0 atom stereocenters. The summed E-state index contributed by atoms with van der Waals surface area (Å²) >= 11 is 5.80. The van der Waals surface area contributed by atoms with Crippen LogP contribution in [0.25, 0.3) is 5.69 Å². The van der Waals surface area contributed by atoms with Gasteiger partial charge in [0.15, 0.2) is 11.4 Å². The van der Waals surface area contributed by atoms with Gasteiger partial charge in [-0.1, -0.05) is 29.8 Å². The number of aromatic nitrogens is 2. The smallest absolute Gasteiger partial charge is 0.298 e. The van der Waals surface area contributed by atoms with Crippen LogP contribution in [0.15, 0.2) is 57.6 Å². The molecule has 0 aliphatic rings. The monoisotopic (exact) mass is 408 g/mol. The zero-order valence-corrected chi connectivity index (χ0v) is 15.3. The van der Waals surface area contributed by atoms with Crippen LogP contribution in [0.4, 0.5) is 11.4 Å². The van der Waals surface area contributed by atoms with Crippen molar-refractivity contribution in [3.63, 3.8) is 0 Å². The van der Waals surface area contributed by atoms with Crippen LogP contribution < -0.4 is 0 Å². The average molecular weight is 409 g/mol. The predicted octanol–water partition coefficient (Wildman–Crippen LogP) is 3.91. The summed E-state index contributed by atoms with van der Waals surface area (Å²) in [5.74, 6) is -1.11. The molecule has 0 saturated carbocycles.